The summed E-state index contributed by atoms with van der Waals surface area (Å²) in [5.74, 6) is -0.791. The summed E-state index contributed by atoms with van der Waals surface area (Å²) in [5, 5.41) is 0. The van der Waals surface area contributed by atoms with E-state index in [2.05, 4.69) is 20.7 Å². The Bertz CT molecular complexity index is 628. The number of ether oxygens (including phenoxy) is 1. The minimum atomic E-state index is -4.74. The Labute approximate surface area is 126 Å². The molecule has 2 rings (SSSR count). The van der Waals surface area contributed by atoms with Gasteiger partial charge in [-0.3, -0.25) is 0 Å². The van der Waals surface area contributed by atoms with Crippen molar-refractivity contribution in [2.75, 3.05) is 0 Å². The third kappa shape index (κ3) is 4.18. The van der Waals surface area contributed by atoms with E-state index in [9.17, 15) is 17.6 Å². The molecular weight excluding hydrogens is 354 g/mol. The van der Waals surface area contributed by atoms with Gasteiger partial charge in [-0.15, -0.1) is 13.2 Å². The van der Waals surface area contributed by atoms with Gasteiger partial charge < -0.3 is 10.5 Å². The molecule has 0 aliphatic rings. The van der Waals surface area contributed by atoms with Crippen LogP contribution in [0.4, 0.5) is 17.6 Å². The maximum absolute atomic E-state index is 13.5. The van der Waals surface area contributed by atoms with Gasteiger partial charge in [0.15, 0.2) is 0 Å². The number of halogens is 5. The zero-order valence-electron chi connectivity index (χ0n) is 10.5. The Kier molecular flexibility index (Phi) is 4.53. The number of alkyl halides is 3. The number of hydrogen-bond acceptors (Lipinski definition) is 2. The van der Waals surface area contributed by atoms with Crippen LogP contribution in [0.5, 0.6) is 5.75 Å². The Hall–Kier alpha value is -1.60. The SMILES string of the molecule is N[C@@H](c1ccc(OC(F)(F)F)cc1)c1ccc(Br)c(F)c1. The highest BCUT2D eigenvalue weighted by Gasteiger charge is 2.31. The highest BCUT2D eigenvalue weighted by molar-refractivity contribution is 9.10. The Morgan fingerprint density at radius 2 is 1.57 bits per heavy atom. The van der Waals surface area contributed by atoms with E-state index in [0.29, 0.717) is 15.6 Å². The molecule has 0 aliphatic heterocycles. The van der Waals surface area contributed by atoms with Crippen LogP contribution in [0.25, 0.3) is 0 Å². The van der Waals surface area contributed by atoms with Crippen molar-refractivity contribution in [1.82, 2.24) is 0 Å². The third-order valence-electron chi connectivity index (χ3n) is 2.78. The van der Waals surface area contributed by atoms with Crippen molar-refractivity contribution >= 4 is 15.9 Å². The summed E-state index contributed by atoms with van der Waals surface area (Å²) >= 11 is 3.03. The lowest BCUT2D eigenvalue weighted by Crippen LogP contribution is -2.17. The summed E-state index contributed by atoms with van der Waals surface area (Å²) < 4.78 is 53.7. The van der Waals surface area contributed by atoms with E-state index in [1.807, 2.05) is 0 Å². The van der Waals surface area contributed by atoms with Crippen molar-refractivity contribution in [3.05, 3.63) is 63.9 Å². The smallest absolute Gasteiger partial charge is 0.406 e. The molecule has 21 heavy (non-hydrogen) atoms. The summed E-state index contributed by atoms with van der Waals surface area (Å²) in [5.41, 5.74) is 7.03. The lowest BCUT2D eigenvalue weighted by atomic mass is 9.99. The quantitative estimate of drug-likeness (QED) is 0.812. The molecule has 1 atom stereocenters. The van der Waals surface area contributed by atoms with Gasteiger partial charge in [-0.2, -0.15) is 0 Å². The average Bonchev–Trinajstić information content (AvgIpc) is 2.40. The van der Waals surface area contributed by atoms with Gasteiger partial charge in [-0.05, 0) is 51.3 Å². The van der Waals surface area contributed by atoms with E-state index in [1.165, 1.54) is 24.3 Å². The van der Waals surface area contributed by atoms with Crippen molar-refractivity contribution < 1.29 is 22.3 Å². The molecule has 0 fully saturated rings. The second-order valence-corrected chi connectivity index (χ2v) is 5.12. The predicted molar refractivity (Wildman–Crippen MR) is 73.3 cm³/mol. The lowest BCUT2D eigenvalue weighted by Gasteiger charge is -2.14. The second kappa shape index (κ2) is 6.03. The molecule has 0 radical (unpaired) electrons. The molecule has 0 aromatic heterocycles. The standard InChI is InChI=1S/C14H10BrF4NO/c15-11-6-3-9(7-12(11)16)13(20)8-1-4-10(5-2-8)21-14(17,18)19/h1-7,13H,20H2/t13-/m0/s1. The van der Waals surface area contributed by atoms with Gasteiger partial charge >= 0.3 is 6.36 Å². The first-order valence-corrected chi connectivity index (χ1v) is 6.62. The predicted octanol–water partition coefficient (Wildman–Crippen LogP) is 4.53. The van der Waals surface area contributed by atoms with Crippen molar-refractivity contribution in [3.8, 4) is 5.75 Å². The summed E-state index contributed by atoms with van der Waals surface area (Å²) in [6.07, 6.45) is -4.74. The van der Waals surface area contributed by atoms with E-state index in [1.54, 1.807) is 6.07 Å². The average molecular weight is 364 g/mol. The summed E-state index contributed by atoms with van der Waals surface area (Å²) in [6.45, 7) is 0. The fourth-order valence-electron chi connectivity index (χ4n) is 1.78. The number of rotatable bonds is 3. The van der Waals surface area contributed by atoms with Crippen LogP contribution in [0.1, 0.15) is 17.2 Å². The van der Waals surface area contributed by atoms with Crippen LogP contribution >= 0.6 is 15.9 Å². The first kappa shape index (κ1) is 15.8. The molecule has 0 unspecified atom stereocenters. The van der Waals surface area contributed by atoms with Gasteiger partial charge in [0.2, 0.25) is 0 Å². The molecule has 0 bridgehead atoms. The molecule has 0 aliphatic carbocycles. The van der Waals surface area contributed by atoms with Gasteiger partial charge in [-0.25, -0.2) is 4.39 Å². The first-order valence-electron chi connectivity index (χ1n) is 5.82. The van der Waals surface area contributed by atoms with Gasteiger partial charge in [-0.1, -0.05) is 18.2 Å². The second-order valence-electron chi connectivity index (χ2n) is 4.27. The molecule has 2 aromatic rings. The largest absolute Gasteiger partial charge is 0.573 e. The molecule has 2 nitrogen and oxygen atoms in total. The zero-order chi connectivity index (χ0) is 15.6. The van der Waals surface area contributed by atoms with Crippen molar-refractivity contribution in [3.63, 3.8) is 0 Å². The van der Waals surface area contributed by atoms with E-state index in [0.717, 1.165) is 12.1 Å². The van der Waals surface area contributed by atoms with Crippen LogP contribution < -0.4 is 10.5 Å². The summed E-state index contributed by atoms with van der Waals surface area (Å²) in [4.78, 5) is 0. The highest BCUT2D eigenvalue weighted by Crippen LogP contribution is 2.27. The van der Waals surface area contributed by atoms with Gasteiger partial charge in [0, 0.05) is 0 Å². The molecule has 0 saturated carbocycles. The van der Waals surface area contributed by atoms with Crippen LogP contribution in [-0.2, 0) is 0 Å². The summed E-state index contributed by atoms with van der Waals surface area (Å²) in [6, 6.07) is 8.93. The molecule has 112 valence electrons. The van der Waals surface area contributed by atoms with Crippen LogP contribution in [0, 0.1) is 5.82 Å². The van der Waals surface area contributed by atoms with Crippen molar-refractivity contribution in [2.24, 2.45) is 5.73 Å². The molecule has 0 heterocycles. The highest BCUT2D eigenvalue weighted by atomic mass is 79.9. The van der Waals surface area contributed by atoms with Crippen molar-refractivity contribution in [2.45, 2.75) is 12.4 Å². The van der Waals surface area contributed by atoms with Crippen LogP contribution in [-0.4, -0.2) is 6.36 Å². The first-order chi connectivity index (χ1) is 9.76. The third-order valence-corrected chi connectivity index (χ3v) is 3.42. The molecule has 0 spiro atoms. The fraction of sp³-hybridized carbons (Fsp3) is 0.143. The topological polar surface area (TPSA) is 35.2 Å². The molecule has 2 N–H and O–H groups in total. The number of hydrogen-bond donors (Lipinski definition) is 1. The molecule has 7 heteroatoms. The van der Waals surface area contributed by atoms with Crippen LogP contribution in [0.3, 0.4) is 0 Å². The Morgan fingerprint density at radius 3 is 2.10 bits per heavy atom. The van der Waals surface area contributed by atoms with Gasteiger partial charge in [0.25, 0.3) is 0 Å². The Balaban J connectivity index is 2.19. The maximum atomic E-state index is 13.5. The normalized spacial score (nSPS) is 13.0. The Morgan fingerprint density at radius 1 is 1.00 bits per heavy atom. The minimum absolute atomic E-state index is 0.312. The summed E-state index contributed by atoms with van der Waals surface area (Å²) in [7, 11) is 0. The number of nitrogens with two attached hydrogens (primary N) is 1. The van der Waals surface area contributed by atoms with E-state index in [-0.39, 0.29) is 5.75 Å². The molecular formula is C14H10BrF4NO. The van der Waals surface area contributed by atoms with Crippen molar-refractivity contribution in [1.29, 1.82) is 0 Å². The van der Waals surface area contributed by atoms with E-state index in [4.69, 9.17) is 5.73 Å². The minimum Gasteiger partial charge on any atom is -0.406 e. The zero-order valence-corrected chi connectivity index (χ0v) is 12.1. The van der Waals surface area contributed by atoms with Gasteiger partial charge in [0.1, 0.15) is 11.6 Å². The molecule has 0 saturated heterocycles. The lowest BCUT2D eigenvalue weighted by molar-refractivity contribution is -0.274. The number of benzene rings is 2. The van der Waals surface area contributed by atoms with E-state index >= 15 is 0 Å². The maximum Gasteiger partial charge on any atom is 0.573 e. The fourth-order valence-corrected chi connectivity index (χ4v) is 2.02. The van der Waals surface area contributed by atoms with Crippen LogP contribution in [0.15, 0.2) is 46.9 Å². The van der Waals surface area contributed by atoms with Gasteiger partial charge in [0.05, 0.1) is 10.5 Å². The molecule has 2 aromatic carbocycles. The van der Waals surface area contributed by atoms with Crippen LogP contribution in [0.2, 0.25) is 0 Å². The van der Waals surface area contributed by atoms with E-state index < -0.39 is 18.2 Å². The monoisotopic (exact) mass is 363 g/mol. The molecule has 0 amide bonds.